The number of nitrogens with zero attached hydrogens (tertiary/aromatic N) is 2. The lowest BCUT2D eigenvalue weighted by Crippen LogP contribution is -2.41. The number of carbonyl (C=O) groups is 3. The number of esters is 1. The van der Waals surface area contributed by atoms with E-state index in [4.69, 9.17) is 9.47 Å². The van der Waals surface area contributed by atoms with Gasteiger partial charge in [-0.15, -0.1) is 11.3 Å². The van der Waals surface area contributed by atoms with Crippen LogP contribution in [0, 0.1) is 5.92 Å². The fourth-order valence-corrected chi connectivity index (χ4v) is 3.95. The minimum atomic E-state index is -1.12. The number of carbonyl (C=O) groups excluding carboxylic acids is 2. The zero-order valence-electron chi connectivity index (χ0n) is 19.6. The normalized spacial score (nSPS) is 13.7. The Labute approximate surface area is 188 Å². The van der Waals surface area contributed by atoms with Crippen LogP contribution in [0.5, 0.6) is 0 Å². The third kappa shape index (κ3) is 9.35. The molecule has 0 aromatic carbocycles. The van der Waals surface area contributed by atoms with Crippen LogP contribution in [0.15, 0.2) is 5.38 Å². The molecule has 0 aliphatic heterocycles. The third-order valence-electron chi connectivity index (χ3n) is 4.70. The number of rotatable bonds is 12. The van der Waals surface area contributed by atoms with Crippen molar-refractivity contribution in [2.24, 2.45) is 5.92 Å². The van der Waals surface area contributed by atoms with Gasteiger partial charge in [0.25, 0.3) is 0 Å². The van der Waals surface area contributed by atoms with Gasteiger partial charge in [-0.3, -0.25) is 4.79 Å². The van der Waals surface area contributed by atoms with Crippen LogP contribution in [0.1, 0.15) is 88.8 Å². The molecule has 1 heterocycles. The molecule has 0 unspecified atom stereocenters. The molecule has 1 rings (SSSR count). The van der Waals surface area contributed by atoms with Crippen molar-refractivity contribution < 1.29 is 29.0 Å². The van der Waals surface area contributed by atoms with E-state index in [0.29, 0.717) is 17.8 Å². The molecule has 0 aliphatic carbocycles. The van der Waals surface area contributed by atoms with Gasteiger partial charge in [-0.2, -0.15) is 0 Å². The Morgan fingerprint density at radius 2 is 1.90 bits per heavy atom. The monoisotopic (exact) mass is 456 g/mol. The summed E-state index contributed by atoms with van der Waals surface area (Å²) in [5.74, 6) is -1.46. The van der Waals surface area contributed by atoms with Gasteiger partial charge in [-0.25, -0.2) is 14.6 Å². The SMILES string of the molecule is CCCCC(=O)N(C)[C@H](C[C@@H](OCC(=O)OC(C)(C)C)c1nc(C(=O)O)cs1)C(C)C. The number of hydrogen-bond donors (Lipinski definition) is 1. The minimum absolute atomic E-state index is 0.0526. The molecular formula is C22H36N2O6S. The standard InChI is InChI=1S/C22H36N2O6S/c1-8-9-10-18(25)24(7)16(14(2)3)11-17(20-23-15(13-31-20)21(27)28)29-12-19(26)30-22(4,5)6/h13-14,16-17H,8-12H2,1-7H3,(H,27,28)/t16-,17-/m1/s1. The molecule has 9 heteroatoms. The Hall–Kier alpha value is -2.00. The van der Waals surface area contributed by atoms with Crippen LogP contribution in [0.3, 0.4) is 0 Å². The third-order valence-corrected chi connectivity index (χ3v) is 5.64. The maximum absolute atomic E-state index is 12.6. The molecule has 1 N–H and O–H groups in total. The fraction of sp³-hybridized carbons (Fsp3) is 0.727. The average Bonchev–Trinajstić information content (AvgIpc) is 3.14. The summed E-state index contributed by atoms with van der Waals surface area (Å²) in [5.41, 5.74) is -0.709. The van der Waals surface area contributed by atoms with E-state index in [1.54, 1.807) is 32.7 Å². The highest BCUT2D eigenvalue weighted by molar-refractivity contribution is 7.09. The molecule has 0 aliphatic rings. The Morgan fingerprint density at radius 3 is 2.39 bits per heavy atom. The molecule has 8 nitrogen and oxygen atoms in total. The molecule has 0 spiro atoms. The topological polar surface area (TPSA) is 106 Å². The lowest BCUT2D eigenvalue weighted by atomic mass is 9.96. The lowest BCUT2D eigenvalue weighted by Gasteiger charge is -2.33. The number of ether oxygens (including phenoxy) is 2. The predicted octanol–water partition coefficient (Wildman–Crippen LogP) is 4.30. The molecule has 0 saturated carbocycles. The number of aromatic carboxylic acids is 1. The number of hydrogen-bond acceptors (Lipinski definition) is 7. The second-order valence-corrected chi connectivity index (χ2v) is 9.81. The van der Waals surface area contributed by atoms with Gasteiger partial charge in [0.05, 0.1) is 0 Å². The van der Waals surface area contributed by atoms with E-state index >= 15 is 0 Å². The Balaban J connectivity index is 3.05. The van der Waals surface area contributed by atoms with Crippen LogP contribution in [0.25, 0.3) is 0 Å². The number of amides is 1. The summed E-state index contributed by atoms with van der Waals surface area (Å²) in [7, 11) is 1.78. The predicted molar refractivity (Wildman–Crippen MR) is 119 cm³/mol. The maximum atomic E-state index is 12.6. The first kappa shape index (κ1) is 27.0. The van der Waals surface area contributed by atoms with E-state index in [-0.39, 0.29) is 30.2 Å². The molecular weight excluding hydrogens is 420 g/mol. The second kappa shape index (κ2) is 12.1. The zero-order valence-corrected chi connectivity index (χ0v) is 20.5. The molecule has 0 radical (unpaired) electrons. The van der Waals surface area contributed by atoms with Crippen molar-refractivity contribution in [3.05, 3.63) is 16.1 Å². The van der Waals surface area contributed by atoms with Crippen molar-refractivity contribution in [2.75, 3.05) is 13.7 Å². The van der Waals surface area contributed by atoms with Crippen molar-refractivity contribution in [2.45, 2.75) is 85.0 Å². The van der Waals surface area contributed by atoms with Gasteiger partial charge in [0.15, 0.2) is 5.69 Å². The van der Waals surface area contributed by atoms with E-state index in [0.717, 1.165) is 12.8 Å². The van der Waals surface area contributed by atoms with Crippen LogP contribution in [-0.2, 0) is 19.1 Å². The Morgan fingerprint density at radius 1 is 1.26 bits per heavy atom. The summed E-state index contributed by atoms with van der Waals surface area (Å²) >= 11 is 1.17. The quantitative estimate of drug-likeness (QED) is 0.467. The highest BCUT2D eigenvalue weighted by atomic mass is 32.1. The Bertz CT molecular complexity index is 741. The summed E-state index contributed by atoms with van der Waals surface area (Å²) in [5, 5.41) is 11.1. The number of aromatic nitrogens is 1. The molecule has 0 fully saturated rings. The molecule has 1 aromatic heterocycles. The lowest BCUT2D eigenvalue weighted by molar-refractivity contribution is -0.163. The van der Waals surface area contributed by atoms with E-state index < -0.39 is 23.6 Å². The van der Waals surface area contributed by atoms with Gasteiger partial charge < -0.3 is 19.5 Å². The Kier molecular flexibility index (Phi) is 10.6. The summed E-state index contributed by atoms with van der Waals surface area (Å²) < 4.78 is 11.2. The minimum Gasteiger partial charge on any atom is -0.476 e. The largest absolute Gasteiger partial charge is 0.476 e. The average molecular weight is 457 g/mol. The summed E-state index contributed by atoms with van der Waals surface area (Å²) in [6, 6.07) is -0.162. The molecule has 0 bridgehead atoms. The first-order chi connectivity index (χ1) is 14.4. The highest BCUT2D eigenvalue weighted by Gasteiger charge is 2.30. The molecule has 176 valence electrons. The summed E-state index contributed by atoms with van der Waals surface area (Å²) in [6.45, 7) is 11.1. The first-order valence-corrected chi connectivity index (χ1v) is 11.5. The maximum Gasteiger partial charge on any atom is 0.355 e. The highest BCUT2D eigenvalue weighted by Crippen LogP contribution is 2.30. The number of thiazole rings is 1. The van der Waals surface area contributed by atoms with E-state index in [1.165, 1.54) is 16.7 Å². The van der Waals surface area contributed by atoms with Gasteiger partial charge in [-0.1, -0.05) is 27.2 Å². The molecule has 0 saturated heterocycles. The van der Waals surface area contributed by atoms with Crippen molar-refractivity contribution >= 4 is 29.2 Å². The van der Waals surface area contributed by atoms with Crippen LogP contribution < -0.4 is 0 Å². The first-order valence-electron chi connectivity index (χ1n) is 10.6. The van der Waals surface area contributed by atoms with Gasteiger partial charge in [-0.05, 0) is 33.1 Å². The van der Waals surface area contributed by atoms with Gasteiger partial charge in [0.2, 0.25) is 5.91 Å². The van der Waals surface area contributed by atoms with Crippen molar-refractivity contribution in [3.63, 3.8) is 0 Å². The van der Waals surface area contributed by atoms with Crippen molar-refractivity contribution in [3.8, 4) is 0 Å². The zero-order chi connectivity index (χ0) is 23.8. The van der Waals surface area contributed by atoms with Crippen LogP contribution in [0.4, 0.5) is 0 Å². The van der Waals surface area contributed by atoms with Gasteiger partial charge in [0.1, 0.15) is 23.3 Å². The van der Waals surface area contributed by atoms with E-state index in [9.17, 15) is 19.5 Å². The smallest absolute Gasteiger partial charge is 0.355 e. The molecule has 1 aromatic rings. The summed E-state index contributed by atoms with van der Waals surface area (Å²) in [4.78, 5) is 41.9. The number of carboxylic acids is 1. The van der Waals surface area contributed by atoms with Crippen LogP contribution >= 0.6 is 11.3 Å². The number of carboxylic acid groups (broad SMARTS) is 1. The summed E-state index contributed by atoms with van der Waals surface area (Å²) in [6.07, 6.45) is 1.98. The van der Waals surface area contributed by atoms with Crippen LogP contribution in [-0.4, -0.2) is 58.1 Å². The van der Waals surface area contributed by atoms with E-state index in [2.05, 4.69) is 4.98 Å². The van der Waals surface area contributed by atoms with E-state index in [1.807, 2.05) is 20.8 Å². The van der Waals surface area contributed by atoms with Crippen LogP contribution in [0.2, 0.25) is 0 Å². The molecule has 2 atom stereocenters. The van der Waals surface area contributed by atoms with Gasteiger partial charge in [0, 0.05) is 31.3 Å². The fourth-order valence-electron chi connectivity index (χ4n) is 3.10. The number of unbranched alkanes of at least 4 members (excludes halogenated alkanes) is 1. The molecule has 31 heavy (non-hydrogen) atoms. The second-order valence-electron chi connectivity index (χ2n) is 8.92. The van der Waals surface area contributed by atoms with Crippen molar-refractivity contribution in [1.82, 2.24) is 9.88 Å². The van der Waals surface area contributed by atoms with Gasteiger partial charge >= 0.3 is 11.9 Å². The molecule has 1 amide bonds. The van der Waals surface area contributed by atoms with Crippen molar-refractivity contribution in [1.29, 1.82) is 0 Å².